The van der Waals surface area contributed by atoms with Crippen LogP contribution in [0.3, 0.4) is 0 Å². The van der Waals surface area contributed by atoms with Crippen LogP contribution in [0.2, 0.25) is 0 Å². The summed E-state index contributed by atoms with van der Waals surface area (Å²) in [5, 5.41) is 7.45. The van der Waals surface area contributed by atoms with E-state index in [2.05, 4.69) is 47.2 Å². The molecule has 1 N–H and O–H groups in total. The van der Waals surface area contributed by atoms with E-state index in [-0.39, 0.29) is 6.04 Å². The van der Waals surface area contributed by atoms with Gasteiger partial charge in [-0.1, -0.05) is 16.8 Å². The fraction of sp³-hybridized carbons (Fsp3) is 0.765. The van der Waals surface area contributed by atoms with Gasteiger partial charge in [0.15, 0.2) is 5.82 Å². The average Bonchev–Trinajstić information content (AvgIpc) is 3.02. The zero-order valence-electron chi connectivity index (χ0n) is 14.7. The molecule has 0 radical (unpaired) electrons. The number of hydrogen-bond donors (Lipinski definition) is 1. The molecule has 3 atom stereocenters. The minimum absolute atomic E-state index is 0.190. The zero-order valence-corrected chi connectivity index (χ0v) is 14.7. The van der Waals surface area contributed by atoms with Crippen molar-refractivity contribution in [3.8, 4) is 0 Å². The zero-order chi connectivity index (χ0) is 16.8. The van der Waals surface area contributed by atoms with Crippen LogP contribution in [0.5, 0.6) is 0 Å². The van der Waals surface area contributed by atoms with E-state index in [1.807, 2.05) is 0 Å². The molecule has 1 aromatic heterocycles. The van der Waals surface area contributed by atoms with Crippen LogP contribution < -0.4 is 5.32 Å². The Morgan fingerprint density at radius 2 is 2.30 bits per heavy atom. The van der Waals surface area contributed by atoms with Crippen LogP contribution in [0, 0.1) is 6.92 Å². The van der Waals surface area contributed by atoms with Crippen molar-refractivity contribution in [2.75, 3.05) is 13.1 Å². The Bertz CT molecular complexity index is 512. The molecular weight excluding hydrogens is 295 g/mol. The monoisotopic (exact) mass is 324 g/mol. The number of halogens is 1. The quantitative estimate of drug-likeness (QED) is 0.745. The number of nitrogens with one attached hydrogen (secondary N) is 1. The van der Waals surface area contributed by atoms with Crippen molar-refractivity contribution in [1.82, 2.24) is 20.4 Å². The normalized spacial score (nSPS) is 23.2. The van der Waals surface area contributed by atoms with Gasteiger partial charge in [-0.2, -0.15) is 4.98 Å². The van der Waals surface area contributed by atoms with Gasteiger partial charge in [0.1, 0.15) is 6.17 Å². The van der Waals surface area contributed by atoms with Crippen LogP contribution in [-0.4, -0.2) is 46.4 Å². The molecule has 23 heavy (non-hydrogen) atoms. The molecule has 1 aromatic rings. The second-order valence-electron chi connectivity index (χ2n) is 6.81. The van der Waals surface area contributed by atoms with Gasteiger partial charge >= 0.3 is 0 Å². The van der Waals surface area contributed by atoms with Gasteiger partial charge in [0.2, 0.25) is 5.89 Å². The lowest BCUT2D eigenvalue weighted by Gasteiger charge is -2.24. The largest absolute Gasteiger partial charge is 0.340 e. The Morgan fingerprint density at radius 3 is 2.96 bits per heavy atom. The van der Waals surface area contributed by atoms with E-state index >= 15 is 0 Å². The Morgan fingerprint density at radius 1 is 1.52 bits per heavy atom. The highest BCUT2D eigenvalue weighted by atomic mass is 19.1. The SMILES string of the molecule is CC(C)=CCC[C@H](C)NC[C@@H]1C[C@H](F)CN1Cc1noc(C)n1. The summed E-state index contributed by atoms with van der Waals surface area (Å²) in [7, 11) is 0. The first kappa shape index (κ1) is 18.1. The number of nitrogens with zero attached hydrogens (tertiary/aromatic N) is 3. The Hall–Kier alpha value is -1.27. The van der Waals surface area contributed by atoms with E-state index in [4.69, 9.17) is 4.52 Å². The van der Waals surface area contributed by atoms with E-state index in [1.165, 1.54) is 5.57 Å². The third kappa shape index (κ3) is 6.03. The highest BCUT2D eigenvalue weighted by molar-refractivity contribution is 4.94. The van der Waals surface area contributed by atoms with Gasteiger partial charge in [0.05, 0.1) is 6.54 Å². The molecule has 0 aliphatic carbocycles. The summed E-state index contributed by atoms with van der Waals surface area (Å²) in [5.41, 5.74) is 1.36. The molecule has 0 spiro atoms. The molecule has 0 amide bonds. The predicted molar refractivity (Wildman–Crippen MR) is 88.9 cm³/mol. The molecule has 0 unspecified atom stereocenters. The number of likely N-dealkylation sites (tertiary alicyclic amines) is 1. The van der Waals surface area contributed by atoms with E-state index < -0.39 is 6.17 Å². The molecule has 6 heteroatoms. The van der Waals surface area contributed by atoms with Gasteiger partial charge in [-0.25, -0.2) is 4.39 Å². The average molecular weight is 324 g/mol. The van der Waals surface area contributed by atoms with Crippen LogP contribution in [0.15, 0.2) is 16.2 Å². The maximum atomic E-state index is 13.8. The second-order valence-corrected chi connectivity index (χ2v) is 6.81. The third-order valence-corrected chi connectivity index (χ3v) is 4.25. The first-order valence-corrected chi connectivity index (χ1v) is 8.48. The topological polar surface area (TPSA) is 54.2 Å². The number of rotatable bonds is 8. The molecule has 130 valence electrons. The predicted octanol–water partition coefficient (Wildman–Crippen LogP) is 3.01. The van der Waals surface area contributed by atoms with E-state index in [0.29, 0.717) is 37.3 Å². The molecule has 1 saturated heterocycles. The van der Waals surface area contributed by atoms with Crippen molar-refractivity contribution >= 4 is 0 Å². The molecule has 1 aliphatic heterocycles. The van der Waals surface area contributed by atoms with Crippen molar-refractivity contribution in [3.05, 3.63) is 23.4 Å². The van der Waals surface area contributed by atoms with Gasteiger partial charge < -0.3 is 9.84 Å². The summed E-state index contributed by atoms with van der Waals surface area (Å²) in [4.78, 5) is 6.33. The van der Waals surface area contributed by atoms with Crippen molar-refractivity contribution in [1.29, 1.82) is 0 Å². The highest BCUT2D eigenvalue weighted by Gasteiger charge is 2.32. The molecule has 1 aliphatic rings. The highest BCUT2D eigenvalue weighted by Crippen LogP contribution is 2.22. The maximum Gasteiger partial charge on any atom is 0.223 e. The summed E-state index contributed by atoms with van der Waals surface area (Å²) in [6.45, 7) is 10.00. The Kier molecular flexibility index (Phi) is 6.72. The Labute approximate surface area is 138 Å². The molecule has 2 rings (SSSR count). The van der Waals surface area contributed by atoms with Gasteiger partial charge in [0, 0.05) is 32.1 Å². The molecule has 2 heterocycles. The fourth-order valence-electron chi connectivity index (χ4n) is 2.98. The van der Waals surface area contributed by atoms with Gasteiger partial charge in [-0.15, -0.1) is 0 Å². The smallest absolute Gasteiger partial charge is 0.223 e. The maximum absolute atomic E-state index is 13.8. The van der Waals surface area contributed by atoms with Crippen LogP contribution in [-0.2, 0) is 6.54 Å². The van der Waals surface area contributed by atoms with E-state index in [9.17, 15) is 4.39 Å². The summed E-state index contributed by atoms with van der Waals surface area (Å²) < 4.78 is 18.8. The molecule has 1 fully saturated rings. The van der Waals surface area contributed by atoms with Crippen molar-refractivity contribution in [2.45, 2.75) is 71.8 Å². The van der Waals surface area contributed by atoms with Gasteiger partial charge in [-0.05, 0) is 40.0 Å². The Balaban J connectivity index is 1.79. The molecular formula is C17H29FN4O. The molecule has 0 saturated carbocycles. The molecule has 0 aromatic carbocycles. The van der Waals surface area contributed by atoms with E-state index in [1.54, 1.807) is 6.92 Å². The summed E-state index contributed by atoms with van der Waals surface area (Å²) >= 11 is 0. The minimum atomic E-state index is -0.768. The number of alkyl halides is 1. The lowest BCUT2D eigenvalue weighted by molar-refractivity contribution is 0.218. The number of hydrogen-bond acceptors (Lipinski definition) is 5. The van der Waals surface area contributed by atoms with Gasteiger partial charge in [-0.3, -0.25) is 4.90 Å². The standard InChI is InChI=1S/C17H29FN4O/c1-12(2)6-5-7-13(3)19-9-16-8-15(18)10-22(16)11-17-20-14(4)23-21-17/h6,13,15-16,19H,5,7-11H2,1-4H3/t13-,15-,16-/m0/s1. The van der Waals surface area contributed by atoms with Crippen molar-refractivity contribution in [2.24, 2.45) is 0 Å². The summed E-state index contributed by atoms with van der Waals surface area (Å²) in [5.74, 6) is 1.19. The van der Waals surface area contributed by atoms with E-state index in [0.717, 1.165) is 19.4 Å². The number of aromatic nitrogens is 2. The van der Waals surface area contributed by atoms with Crippen molar-refractivity contribution in [3.63, 3.8) is 0 Å². The third-order valence-electron chi connectivity index (χ3n) is 4.25. The van der Waals surface area contributed by atoms with Crippen LogP contribution in [0.25, 0.3) is 0 Å². The van der Waals surface area contributed by atoms with Crippen LogP contribution in [0.4, 0.5) is 4.39 Å². The fourth-order valence-corrected chi connectivity index (χ4v) is 2.98. The summed E-state index contributed by atoms with van der Waals surface area (Å²) in [6, 6.07) is 0.619. The minimum Gasteiger partial charge on any atom is -0.340 e. The van der Waals surface area contributed by atoms with Gasteiger partial charge in [0.25, 0.3) is 0 Å². The first-order chi connectivity index (χ1) is 10.9. The molecule has 0 bridgehead atoms. The first-order valence-electron chi connectivity index (χ1n) is 8.48. The molecule has 5 nitrogen and oxygen atoms in total. The van der Waals surface area contributed by atoms with Crippen LogP contribution >= 0.6 is 0 Å². The number of aryl methyl sites for hydroxylation is 1. The lowest BCUT2D eigenvalue weighted by Crippen LogP contribution is -2.40. The second kappa shape index (κ2) is 8.55. The van der Waals surface area contributed by atoms with Crippen LogP contribution in [0.1, 0.15) is 51.7 Å². The lowest BCUT2D eigenvalue weighted by atomic mass is 10.1. The van der Waals surface area contributed by atoms with Crippen molar-refractivity contribution < 1.29 is 8.91 Å². The summed E-state index contributed by atoms with van der Waals surface area (Å²) in [6.07, 6.45) is 4.25. The number of allylic oxidation sites excluding steroid dienone is 2.